The summed E-state index contributed by atoms with van der Waals surface area (Å²) in [6.45, 7) is 6.44. The van der Waals surface area contributed by atoms with Crippen molar-refractivity contribution in [2.24, 2.45) is 10.4 Å². The second-order valence-corrected chi connectivity index (χ2v) is 7.56. The van der Waals surface area contributed by atoms with Crippen LogP contribution in [0, 0.1) is 5.41 Å². The minimum Gasteiger partial charge on any atom is -0.461 e. The monoisotopic (exact) mass is 386 g/mol. The van der Waals surface area contributed by atoms with E-state index in [2.05, 4.69) is 39.7 Å². The molecule has 0 radical (unpaired) electrons. The second-order valence-electron chi connectivity index (χ2n) is 7.56. The molecule has 2 aliphatic rings. The molecule has 2 heterocycles. The van der Waals surface area contributed by atoms with Crippen LogP contribution < -0.4 is 10.6 Å². The number of nitrogens with zero attached hydrogens (tertiary/aromatic N) is 3. The minimum absolute atomic E-state index is 0.315. The van der Waals surface area contributed by atoms with E-state index in [9.17, 15) is 0 Å². The largest absolute Gasteiger partial charge is 0.461 e. The van der Waals surface area contributed by atoms with Crippen molar-refractivity contribution in [3.63, 3.8) is 0 Å². The Kier molecular flexibility index (Phi) is 5.66. The number of rotatable bonds is 8. The maximum atomic E-state index is 5.95. The quantitative estimate of drug-likeness (QED) is 0.476. The molecule has 2 aromatic heterocycles. The summed E-state index contributed by atoms with van der Waals surface area (Å²) in [5, 5.41) is 14.2. The van der Waals surface area contributed by atoms with E-state index in [1.165, 1.54) is 19.3 Å². The van der Waals surface area contributed by atoms with E-state index in [-0.39, 0.29) is 0 Å². The van der Waals surface area contributed by atoms with E-state index in [0.717, 1.165) is 31.4 Å². The average Bonchev–Trinajstić information content (AvgIpc) is 3.30. The number of H-pyrrole nitrogens is 1. The van der Waals surface area contributed by atoms with Crippen molar-refractivity contribution in [1.82, 2.24) is 25.8 Å². The van der Waals surface area contributed by atoms with Crippen LogP contribution in [0.25, 0.3) is 11.6 Å². The Labute approximate surface area is 165 Å². The molecule has 8 heteroatoms. The summed E-state index contributed by atoms with van der Waals surface area (Å²) in [6, 6.07) is 4.13. The van der Waals surface area contributed by atoms with Crippen molar-refractivity contribution in [1.29, 1.82) is 0 Å². The Hall–Kier alpha value is -2.35. The summed E-state index contributed by atoms with van der Waals surface area (Å²) < 4.78 is 11.3. The smallest absolute Gasteiger partial charge is 0.216 e. The number of furan rings is 1. The molecule has 0 aliphatic heterocycles. The first-order chi connectivity index (χ1) is 13.7. The summed E-state index contributed by atoms with van der Waals surface area (Å²) in [5.41, 5.74) is 0.315. The first-order valence-electron chi connectivity index (χ1n) is 10.4. The SMILES string of the molecule is CCNC(=NCCc1nc(-c2ccco2)n[nH]1)NC1CC(OCC)C12CCC2. The van der Waals surface area contributed by atoms with Crippen molar-refractivity contribution in [2.75, 3.05) is 19.7 Å². The third-order valence-corrected chi connectivity index (χ3v) is 5.98. The van der Waals surface area contributed by atoms with E-state index < -0.39 is 0 Å². The maximum Gasteiger partial charge on any atom is 0.216 e. The van der Waals surface area contributed by atoms with E-state index in [4.69, 9.17) is 14.1 Å². The molecule has 2 aromatic rings. The topological polar surface area (TPSA) is 100 Å². The van der Waals surface area contributed by atoms with E-state index in [1.807, 2.05) is 12.1 Å². The Balaban J connectivity index is 1.33. The lowest BCUT2D eigenvalue weighted by Gasteiger charge is -2.61. The molecular weight excluding hydrogens is 356 g/mol. The molecule has 2 saturated carbocycles. The van der Waals surface area contributed by atoms with Gasteiger partial charge in [-0.05, 0) is 45.2 Å². The number of aromatic nitrogens is 3. The van der Waals surface area contributed by atoms with E-state index in [0.29, 0.717) is 42.1 Å². The number of hydrogen-bond donors (Lipinski definition) is 3. The number of guanidine groups is 1. The van der Waals surface area contributed by atoms with Crippen molar-refractivity contribution < 1.29 is 9.15 Å². The fraction of sp³-hybridized carbons (Fsp3) is 0.650. The number of hydrogen-bond acceptors (Lipinski definition) is 5. The molecule has 0 saturated heterocycles. The van der Waals surface area contributed by atoms with Crippen LogP contribution in [0.1, 0.15) is 45.4 Å². The number of nitrogens with one attached hydrogen (secondary N) is 3. The lowest BCUT2D eigenvalue weighted by molar-refractivity contribution is -0.168. The number of ether oxygens (including phenoxy) is 1. The minimum atomic E-state index is 0.315. The number of aliphatic imine (C=N–C) groups is 1. The Morgan fingerprint density at radius 2 is 2.32 bits per heavy atom. The molecule has 28 heavy (non-hydrogen) atoms. The number of aromatic amines is 1. The van der Waals surface area contributed by atoms with Gasteiger partial charge in [-0.3, -0.25) is 10.1 Å². The summed E-state index contributed by atoms with van der Waals surface area (Å²) >= 11 is 0. The van der Waals surface area contributed by atoms with Gasteiger partial charge in [-0.2, -0.15) is 5.10 Å². The molecular formula is C20H30N6O2. The Bertz CT molecular complexity index is 780. The van der Waals surface area contributed by atoms with Crippen LogP contribution in [-0.2, 0) is 11.2 Å². The molecule has 8 nitrogen and oxygen atoms in total. The molecule has 2 unspecified atom stereocenters. The first kappa shape index (κ1) is 19.0. The lowest BCUT2D eigenvalue weighted by atomic mass is 9.51. The van der Waals surface area contributed by atoms with Gasteiger partial charge in [0.1, 0.15) is 5.82 Å². The van der Waals surface area contributed by atoms with Gasteiger partial charge in [-0.25, -0.2) is 4.98 Å². The molecule has 2 fully saturated rings. The van der Waals surface area contributed by atoms with E-state index >= 15 is 0 Å². The van der Waals surface area contributed by atoms with Gasteiger partial charge in [0.15, 0.2) is 11.7 Å². The van der Waals surface area contributed by atoms with Gasteiger partial charge >= 0.3 is 0 Å². The van der Waals surface area contributed by atoms with Crippen LogP contribution in [-0.4, -0.2) is 53.0 Å². The van der Waals surface area contributed by atoms with Crippen LogP contribution in [0.2, 0.25) is 0 Å². The molecule has 0 aromatic carbocycles. The van der Waals surface area contributed by atoms with E-state index in [1.54, 1.807) is 6.26 Å². The second kappa shape index (κ2) is 8.34. The zero-order valence-corrected chi connectivity index (χ0v) is 16.7. The molecule has 4 rings (SSSR count). The highest BCUT2D eigenvalue weighted by atomic mass is 16.5. The lowest BCUT2D eigenvalue weighted by Crippen LogP contribution is -2.68. The third-order valence-electron chi connectivity index (χ3n) is 5.98. The Morgan fingerprint density at radius 3 is 3.00 bits per heavy atom. The van der Waals surface area contributed by atoms with Gasteiger partial charge in [0.05, 0.1) is 12.4 Å². The summed E-state index contributed by atoms with van der Waals surface area (Å²) in [6.07, 6.45) is 7.59. The first-order valence-corrected chi connectivity index (χ1v) is 10.4. The molecule has 152 valence electrons. The van der Waals surface area contributed by atoms with Gasteiger partial charge in [-0.1, -0.05) is 6.42 Å². The highest BCUT2D eigenvalue weighted by Crippen LogP contribution is 2.57. The van der Waals surface area contributed by atoms with Crippen LogP contribution in [0.15, 0.2) is 27.8 Å². The fourth-order valence-electron chi connectivity index (χ4n) is 4.32. The molecule has 0 amide bonds. The van der Waals surface area contributed by atoms with Crippen molar-refractivity contribution in [3.8, 4) is 11.6 Å². The van der Waals surface area contributed by atoms with Gasteiger partial charge < -0.3 is 19.8 Å². The molecule has 0 bridgehead atoms. The van der Waals surface area contributed by atoms with Gasteiger partial charge in [0.25, 0.3) is 0 Å². The maximum absolute atomic E-state index is 5.95. The van der Waals surface area contributed by atoms with Crippen LogP contribution >= 0.6 is 0 Å². The normalized spacial score (nSPS) is 23.3. The van der Waals surface area contributed by atoms with Crippen LogP contribution in [0.5, 0.6) is 0 Å². The standard InChI is InChI=1S/C20H30N6O2/c1-3-21-19(23-15-13-16(27-4-2)20(15)9-6-10-20)22-11-8-17-24-18(26-25-17)14-7-5-12-28-14/h5,7,12,15-16H,3-4,6,8-11,13H2,1-2H3,(H2,21,22,23)(H,24,25,26). The zero-order valence-electron chi connectivity index (χ0n) is 16.7. The van der Waals surface area contributed by atoms with Gasteiger partial charge in [0, 0.05) is 37.6 Å². The molecule has 2 atom stereocenters. The molecule has 3 N–H and O–H groups in total. The van der Waals surface area contributed by atoms with Crippen LogP contribution in [0.3, 0.4) is 0 Å². The predicted molar refractivity (Wildman–Crippen MR) is 107 cm³/mol. The van der Waals surface area contributed by atoms with Gasteiger partial charge in [0.2, 0.25) is 5.82 Å². The average molecular weight is 387 g/mol. The molecule has 1 spiro atoms. The van der Waals surface area contributed by atoms with Gasteiger partial charge in [-0.15, -0.1) is 0 Å². The van der Waals surface area contributed by atoms with Crippen molar-refractivity contribution in [3.05, 3.63) is 24.2 Å². The summed E-state index contributed by atoms with van der Waals surface area (Å²) in [7, 11) is 0. The zero-order chi connectivity index (χ0) is 19.4. The highest BCUT2D eigenvalue weighted by Gasteiger charge is 2.59. The summed E-state index contributed by atoms with van der Waals surface area (Å²) in [5.74, 6) is 2.93. The van der Waals surface area contributed by atoms with Crippen molar-refractivity contribution in [2.45, 2.75) is 58.1 Å². The van der Waals surface area contributed by atoms with Crippen LogP contribution in [0.4, 0.5) is 0 Å². The fourth-order valence-corrected chi connectivity index (χ4v) is 4.32. The molecule has 2 aliphatic carbocycles. The summed E-state index contributed by atoms with van der Waals surface area (Å²) in [4.78, 5) is 9.21. The predicted octanol–water partition coefficient (Wildman–Crippen LogP) is 2.51. The Morgan fingerprint density at radius 1 is 1.43 bits per heavy atom. The third kappa shape index (κ3) is 3.65. The van der Waals surface area contributed by atoms with Crippen molar-refractivity contribution >= 4 is 5.96 Å². The highest BCUT2D eigenvalue weighted by molar-refractivity contribution is 5.80.